The number of carbonyl (C=O) groups excluding carboxylic acids is 2. The number of urea groups is 1. The van der Waals surface area contributed by atoms with Crippen LogP contribution in [0, 0.1) is 5.92 Å². The topological polar surface area (TPSA) is 85.2 Å². The maximum atomic E-state index is 11.8. The van der Waals surface area contributed by atoms with Gasteiger partial charge in [-0.1, -0.05) is 0 Å². The number of aromatic nitrogens is 2. The summed E-state index contributed by atoms with van der Waals surface area (Å²) >= 11 is 0. The average molecular weight is 294 g/mol. The molecule has 0 spiro atoms. The number of nitrogens with one attached hydrogen (secondary N) is 2. The Kier molecular flexibility index (Phi) is 4.20. The maximum absolute atomic E-state index is 11.8. The van der Waals surface area contributed by atoms with E-state index in [2.05, 4.69) is 15.7 Å². The van der Waals surface area contributed by atoms with Gasteiger partial charge in [0.1, 0.15) is 5.60 Å². The first kappa shape index (κ1) is 15.3. The Labute approximate surface area is 124 Å². The molecule has 2 amide bonds. The summed E-state index contributed by atoms with van der Waals surface area (Å²) in [6.45, 7) is 7.32. The van der Waals surface area contributed by atoms with E-state index in [9.17, 15) is 9.59 Å². The van der Waals surface area contributed by atoms with Gasteiger partial charge in [-0.25, -0.2) is 9.59 Å². The van der Waals surface area contributed by atoms with Gasteiger partial charge in [0.05, 0.1) is 0 Å². The number of hydrogen-bond acceptors (Lipinski definition) is 4. The highest BCUT2D eigenvalue weighted by atomic mass is 16.6. The highest BCUT2D eigenvalue weighted by Crippen LogP contribution is 2.32. The van der Waals surface area contributed by atoms with Gasteiger partial charge in [-0.2, -0.15) is 4.68 Å². The maximum Gasteiger partial charge on any atom is 0.435 e. The fraction of sp³-hybridized carbons (Fsp3) is 0.643. The van der Waals surface area contributed by atoms with E-state index in [0.29, 0.717) is 11.7 Å². The molecule has 116 valence electrons. The molecule has 1 saturated carbocycles. The van der Waals surface area contributed by atoms with Crippen LogP contribution in [0.5, 0.6) is 0 Å². The monoisotopic (exact) mass is 294 g/mol. The molecule has 21 heavy (non-hydrogen) atoms. The van der Waals surface area contributed by atoms with Crippen LogP contribution in [0.15, 0.2) is 12.3 Å². The Balaban J connectivity index is 1.87. The van der Waals surface area contributed by atoms with E-state index in [1.165, 1.54) is 6.20 Å². The standard InChI is InChI=1S/C14H22N4O3/c1-9(10-5-6-10)15-12(19)16-11-7-8-18(17-11)13(20)21-14(2,3)4/h7-10H,5-6H2,1-4H3,(H2,15,16,17,19)/t9-/m0/s1. The minimum absolute atomic E-state index is 0.151. The highest BCUT2D eigenvalue weighted by Gasteiger charge is 2.29. The highest BCUT2D eigenvalue weighted by molar-refractivity contribution is 5.88. The van der Waals surface area contributed by atoms with Gasteiger partial charge in [0.15, 0.2) is 5.82 Å². The van der Waals surface area contributed by atoms with Crippen molar-refractivity contribution in [1.82, 2.24) is 15.1 Å². The minimum Gasteiger partial charge on any atom is -0.442 e. The van der Waals surface area contributed by atoms with E-state index < -0.39 is 11.7 Å². The summed E-state index contributed by atoms with van der Waals surface area (Å²) in [6.07, 6.45) is 3.19. The van der Waals surface area contributed by atoms with Crippen LogP contribution in [-0.2, 0) is 4.74 Å². The van der Waals surface area contributed by atoms with Crippen molar-refractivity contribution in [1.29, 1.82) is 0 Å². The number of ether oxygens (including phenoxy) is 1. The third-order valence-electron chi connectivity index (χ3n) is 3.10. The lowest BCUT2D eigenvalue weighted by atomic mass is 10.2. The van der Waals surface area contributed by atoms with E-state index in [4.69, 9.17) is 4.74 Å². The molecule has 1 fully saturated rings. The van der Waals surface area contributed by atoms with Crippen LogP contribution in [0.2, 0.25) is 0 Å². The van der Waals surface area contributed by atoms with Crippen LogP contribution in [0.1, 0.15) is 40.5 Å². The molecule has 0 aromatic carbocycles. The van der Waals surface area contributed by atoms with Crippen LogP contribution in [0.25, 0.3) is 0 Å². The molecule has 1 aromatic heterocycles. The normalized spacial score (nSPS) is 16.2. The second kappa shape index (κ2) is 5.75. The largest absolute Gasteiger partial charge is 0.442 e. The minimum atomic E-state index is -0.590. The molecule has 1 aromatic rings. The van der Waals surface area contributed by atoms with Crippen molar-refractivity contribution in [2.45, 2.75) is 52.2 Å². The smallest absolute Gasteiger partial charge is 0.435 e. The third-order valence-corrected chi connectivity index (χ3v) is 3.10. The third kappa shape index (κ3) is 4.77. The number of carbonyl (C=O) groups is 2. The lowest BCUT2D eigenvalue weighted by Gasteiger charge is -2.18. The zero-order chi connectivity index (χ0) is 15.6. The predicted molar refractivity (Wildman–Crippen MR) is 78.2 cm³/mol. The van der Waals surface area contributed by atoms with Crippen molar-refractivity contribution in [3.8, 4) is 0 Å². The van der Waals surface area contributed by atoms with Crippen LogP contribution in [0.3, 0.4) is 0 Å². The van der Waals surface area contributed by atoms with Gasteiger partial charge in [0.2, 0.25) is 0 Å². The number of amides is 2. The van der Waals surface area contributed by atoms with Crippen LogP contribution in [-0.4, -0.2) is 33.5 Å². The average Bonchev–Trinajstić information content (AvgIpc) is 3.08. The lowest BCUT2D eigenvalue weighted by molar-refractivity contribution is 0.0515. The second-order valence-corrected chi connectivity index (χ2v) is 6.35. The zero-order valence-electron chi connectivity index (χ0n) is 12.8. The first-order valence-corrected chi connectivity index (χ1v) is 7.11. The SMILES string of the molecule is C[C@H](NC(=O)Nc1ccn(C(=O)OC(C)(C)C)n1)C1CC1. The van der Waals surface area contributed by atoms with Crippen molar-refractivity contribution in [3.63, 3.8) is 0 Å². The molecule has 7 nitrogen and oxygen atoms in total. The van der Waals surface area contributed by atoms with Gasteiger partial charge in [-0.05, 0) is 46.5 Å². The molecule has 1 heterocycles. The van der Waals surface area contributed by atoms with Crippen molar-refractivity contribution < 1.29 is 14.3 Å². The summed E-state index contributed by atoms with van der Waals surface area (Å²) in [7, 11) is 0. The molecule has 1 aliphatic rings. The van der Waals surface area contributed by atoms with Crippen LogP contribution in [0.4, 0.5) is 15.4 Å². The van der Waals surface area contributed by atoms with Crippen LogP contribution >= 0.6 is 0 Å². The van der Waals surface area contributed by atoms with Crippen molar-refractivity contribution >= 4 is 17.9 Å². The fourth-order valence-electron chi connectivity index (χ4n) is 1.87. The van der Waals surface area contributed by atoms with Crippen molar-refractivity contribution in [2.75, 3.05) is 5.32 Å². The Bertz CT molecular complexity index is 529. The molecule has 0 bridgehead atoms. The quantitative estimate of drug-likeness (QED) is 0.897. The summed E-state index contributed by atoms with van der Waals surface area (Å²) in [5, 5.41) is 9.43. The van der Waals surface area contributed by atoms with Crippen molar-refractivity contribution in [3.05, 3.63) is 12.3 Å². The number of anilines is 1. The Morgan fingerprint density at radius 1 is 1.43 bits per heavy atom. The van der Waals surface area contributed by atoms with E-state index in [-0.39, 0.29) is 12.1 Å². The second-order valence-electron chi connectivity index (χ2n) is 6.35. The van der Waals surface area contributed by atoms with E-state index in [1.807, 2.05) is 6.92 Å². The Morgan fingerprint density at radius 3 is 2.67 bits per heavy atom. The summed E-state index contributed by atoms with van der Waals surface area (Å²) in [5.74, 6) is 0.886. The number of rotatable bonds is 3. The molecule has 0 saturated heterocycles. The van der Waals surface area contributed by atoms with E-state index in [1.54, 1.807) is 26.8 Å². The summed E-state index contributed by atoms with van der Waals surface area (Å²) in [5.41, 5.74) is -0.590. The molecule has 7 heteroatoms. The van der Waals surface area contributed by atoms with Gasteiger partial charge < -0.3 is 10.1 Å². The van der Waals surface area contributed by atoms with Gasteiger partial charge >= 0.3 is 12.1 Å². The molecular weight excluding hydrogens is 272 g/mol. The number of nitrogens with zero attached hydrogens (tertiary/aromatic N) is 2. The predicted octanol–water partition coefficient (Wildman–Crippen LogP) is 2.59. The zero-order valence-corrected chi connectivity index (χ0v) is 12.8. The summed E-state index contributed by atoms with van der Waals surface area (Å²) in [6, 6.07) is 1.38. The first-order valence-electron chi connectivity index (χ1n) is 7.11. The van der Waals surface area contributed by atoms with Gasteiger partial charge in [0.25, 0.3) is 0 Å². The first-order chi connectivity index (χ1) is 9.74. The summed E-state index contributed by atoms with van der Waals surface area (Å²) in [4.78, 5) is 23.6. The molecule has 0 radical (unpaired) electrons. The Morgan fingerprint density at radius 2 is 2.10 bits per heavy atom. The molecule has 1 aliphatic carbocycles. The lowest BCUT2D eigenvalue weighted by Crippen LogP contribution is -2.37. The molecule has 1 atom stereocenters. The van der Waals surface area contributed by atoms with E-state index in [0.717, 1.165) is 17.5 Å². The number of hydrogen-bond donors (Lipinski definition) is 2. The fourth-order valence-corrected chi connectivity index (χ4v) is 1.87. The molecular formula is C14H22N4O3. The van der Waals surface area contributed by atoms with Gasteiger partial charge in [0, 0.05) is 18.3 Å². The Hall–Kier alpha value is -2.05. The van der Waals surface area contributed by atoms with Gasteiger partial charge in [-0.3, -0.25) is 5.32 Å². The van der Waals surface area contributed by atoms with Gasteiger partial charge in [-0.15, -0.1) is 5.10 Å². The summed E-state index contributed by atoms with van der Waals surface area (Å²) < 4.78 is 6.24. The molecule has 0 aliphatic heterocycles. The molecule has 2 rings (SSSR count). The van der Waals surface area contributed by atoms with E-state index >= 15 is 0 Å². The van der Waals surface area contributed by atoms with Crippen molar-refractivity contribution in [2.24, 2.45) is 5.92 Å². The molecule has 2 N–H and O–H groups in total. The molecule has 0 unspecified atom stereocenters. The van der Waals surface area contributed by atoms with Crippen LogP contribution < -0.4 is 10.6 Å².